The Kier molecular flexibility index (Phi) is 4.85. The third-order valence-corrected chi connectivity index (χ3v) is 5.88. The number of rotatable bonds is 4. The predicted octanol–water partition coefficient (Wildman–Crippen LogP) is 3.03. The smallest absolute Gasteiger partial charge is 0.265 e. The quantitative estimate of drug-likeness (QED) is 0.661. The lowest BCUT2D eigenvalue weighted by Crippen LogP contribution is -2.29. The number of benzene rings is 1. The molecule has 2 aromatic heterocycles. The average Bonchev–Trinajstić information content (AvgIpc) is 3.26. The van der Waals surface area contributed by atoms with Crippen molar-refractivity contribution in [1.29, 1.82) is 0 Å². The maximum absolute atomic E-state index is 13.1. The molecule has 0 saturated carbocycles. The summed E-state index contributed by atoms with van der Waals surface area (Å²) in [6.07, 6.45) is 1.76. The Morgan fingerprint density at radius 2 is 2.17 bits per heavy atom. The normalized spacial score (nSPS) is 16.1. The van der Waals surface area contributed by atoms with Crippen molar-refractivity contribution in [2.24, 2.45) is 0 Å². The van der Waals surface area contributed by atoms with Crippen LogP contribution in [0.4, 0.5) is 5.69 Å². The van der Waals surface area contributed by atoms with Gasteiger partial charge in [-0.25, -0.2) is 9.67 Å². The zero-order valence-corrected chi connectivity index (χ0v) is 17.6. The molecule has 29 heavy (non-hydrogen) atoms. The number of aromatic nitrogens is 4. The molecular formula is C20H23N5O3S. The molecule has 0 aliphatic carbocycles. The van der Waals surface area contributed by atoms with E-state index >= 15 is 0 Å². The zero-order chi connectivity index (χ0) is 20.8. The minimum atomic E-state index is -0.278. The summed E-state index contributed by atoms with van der Waals surface area (Å²) in [5, 5.41) is 8.35. The summed E-state index contributed by atoms with van der Waals surface area (Å²) < 4.78 is 8.59. The Morgan fingerprint density at radius 1 is 1.38 bits per heavy atom. The molecule has 1 amide bonds. The monoisotopic (exact) mass is 413 g/mol. The van der Waals surface area contributed by atoms with Gasteiger partial charge in [-0.3, -0.25) is 14.2 Å². The van der Waals surface area contributed by atoms with E-state index in [1.165, 1.54) is 11.8 Å². The first-order valence-electron chi connectivity index (χ1n) is 9.35. The number of nitrogens with one attached hydrogen (secondary N) is 1. The minimum absolute atomic E-state index is 0.148. The fourth-order valence-corrected chi connectivity index (χ4v) is 4.53. The number of nitrogens with zero attached hydrogens (tertiary/aromatic N) is 4. The third-order valence-electron chi connectivity index (χ3n) is 4.78. The van der Waals surface area contributed by atoms with Gasteiger partial charge in [0.1, 0.15) is 11.1 Å². The van der Waals surface area contributed by atoms with E-state index < -0.39 is 0 Å². The van der Waals surface area contributed by atoms with Crippen LogP contribution in [0.25, 0.3) is 11.0 Å². The summed E-state index contributed by atoms with van der Waals surface area (Å²) in [7, 11) is 1.58. The van der Waals surface area contributed by atoms with Crippen LogP contribution in [0.5, 0.6) is 5.75 Å². The van der Waals surface area contributed by atoms with Gasteiger partial charge in [0, 0.05) is 23.9 Å². The Morgan fingerprint density at radius 3 is 2.90 bits per heavy atom. The Hall–Kier alpha value is -2.81. The first kappa shape index (κ1) is 19.5. The molecule has 1 aliphatic heterocycles. The number of hydrogen-bond donors (Lipinski definition) is 1. The molecule has 3 heterocycles. The van der Waals surface area contributed by atoms with Gasteiger partial charge in [-0.05, 0) is 32.9 Å². The van der Waals surface area contributed by atoms with E-state index in [4.69, 9.17) is 4.74 Å². The van der Waals surface area contributed by atoms with E-state index in [1.54, 1.807) is 34.7 Å². The van der Waals surface area contributed by atoms with Gasteiger partial charge in [0.2, 0.25) is 5.91 Å². The van der Waals surface area contributed by atoms with Crippen LogP contribution in [-0.2, 0) is 10.3 Å². The highest BCUT2D eigenvalue weighted by Gasteiger charge is 2.30. The van der Waals surface area contributed by atoms with Crippen LogP contribution >= 0.6 is 11.8 Å². The number of carbonyl (C=O) groups excluding carboxylic acids is 1. The van der Waals surface area contributed by atoms with Crippen molar-refractivity contribution in [3.05, 3.63) is 40.8 Å². The van der Waals surface area contributed by atoms with Crippen LogP contribution in [0.2, 0.25) is 0 Å². The zero-order valence-electron chi connectivity index (χ0n) is 16.8. The van der Waals surface area contributed by atoms with E-state index in [1.807, 2.05) is 32.9 Å². The molecule has 0 radical (unpaired) electrons. The standard InChI is InChI=1S/C20H23N5O3S/c1-20(2,3)25-17-15(10-21-25)18(27)24-13(11-29-19(24)23-17)9-16(26)22-12-6-5-7-14(8-12)28-4/h5-8,10,13H,9,11H2,1-4H3,(H,22,26). The second-order valence-corrected chi connectivity index (χ2v) is 8.97. The van der Waals surface area contributed by atoms with Crippen molar-refractivity contribution in [2.75, 3.05) is 18.2 Å². The van der Waals surface area contributed by atoms with Gasteiger partial charge in [-0.1, -0.05) is 17.8 Å². The molecule has 0 spiro atoms. The molecule has 1 unspecified atom stereocenters. The van der Waals surface area contributed by atoms with Crippen molar-refractivity contribution >= 4 is 34.4 Å². The number of hydrogen-bond acceptors (Lipinski definition) is 6. The number of amides is 1. The molecule has 1 N–H and O–H groups in total. The maximum Gasteiger partial charge on any atom is 0.265 e. The van der Waals surface area contributed by atoms with Gasteiger partial charge in [-0.15, -0.1) is 0 Å². The van der Waals surface area contributed by atoms with Gasteiger partial charge < -0.3 is 10.1 Å². The second kappa shape index (κ2) is 7.22. The molecule has 0 fully saturated rings. The fraction of sp³-hybridized carbons (Fsp3) is 0.400. The molecule has 8 nitrogen and oxygen atoms in total. The van der Waals surface area contributed by atoms with Crippen molar-refractivity contribution in [3.8, 4) is 5.75 Å². The lowest BCUT2D eigenvalue weighted by molar-refractivity contribution is -0.116. The van der Waals surface area contributed by atoms with Gasteiger partial charge in [0.05, 0.1) is 24.9 Å². The number of ether oxygens (including phenoxy) is 1. The van der Waals surface area contributed by atoms with Crippen LogP contribution < -0.4 is 15.6 Å². The summed E-state index contributed by atoms with van der Waals surface area (Å²) >= 11 is 1.49. The molecule has 3 aromatic rings. The lowest BCUT2D eigenvalue weighted by atomic mass is 10.1. The van der Waals surface area contributed by atoms with E-state index in [0.29, 0.717) is 33.4 Å². The van der Waals surface area contributed by atoms with Crippen LogP contribution in [0.15, 0.2) is 40.4 Å². The molecule has 1 atom stereocenters. The van der Waals surface area contributed by atoms with Gasteiger partial charge in [0.25, 0.3) is 5.56 Å². The summed E-state index contributed by atoms with van der Waals surface area (Å²) in [5.74, 6) is 1.14. The van der Waals surface area contributed by atoms with Crippen LogP contribution in [0, 0.1) is 0 Å². The number of fused-ring (bicyclic) bond motifs is 2. The lowest BCUT2D eigenvalue weighted by Gasteiger charge is -2.20. The minimum Gasteiger partial charge on any atom is -0.497 e. The Bertz CT molecular complexity index is 1150. The summed E-state index contributed by atoms with van der Waals surface area (Å²) in [6, 6.07) is 6.94. The first-order chi connectivity index (χ1) is 13.8. The van der Waals surface area contributed by atoms with Crippen LogP contribution in [-0.4, -0.2) is 38.1 Å². The molecule has 0 saturated heterocycles. The van der Waals surface area contributed by atoms with E-state index in [2.05, 4.69) is 15.4 Å². The fourth-order valence-electron chi connectivity index (χ4n) is 3.40. The number of thioether (sulfide) groups is 1. The van der Waals surface area contributed by atoms with E-state index in [9.17, 15) is 9.59 Å². The average molecular weight is 414 g/mol. The maximum atomic E-state index is 13.1. The molecule has 152 valence electrons. The summed E-state index contributed by atoms with van der Waals surface area (Å²) in [4.78, 5) is 30.4. The highest BCUT2D eigenvalue weighted by Crippen LogP contribution is 2.34. The van der Waals surface area contributed by atoms with Crippen molar-refractivity contribution in [2.45, 2.75) is 43.9 Å². The summed E-state index contributed by atoms with van der Waals surface area (Å²) in [6.45, 7) is 6.06. The SMILES string of the molecule is COc1cccc(NC(=O)CC2CSc3nc4c(cnn4C(C)(C)C)c(=O)n32)c1. The Balaban J connectivity index is 1.60. The molecule has 9 heteroatoms. The largest absolute Gasteiger partial charge is 0.497 e. The molecule has 1 aliphatic rings. The Labute approximate surface area is 172 Å². The number of anilines is 1. The molecule has 1 aromatic carbocycles. The second-order valence-electron chi connectivity index (χ2n) is 7.98. The van der Waals surface area contributed by atoms with E-state index in [-0.39, 0.29) is 29.5 Å². The predicted molar refractivity (Wildman–Crippen MR) is 113 cm³/mol. The third kappa shape index (κ3) is 3.62. The van der Waals surface area contributed by atoms with Crippen LogP contribution in [0.1, 0.15) is 33.2 Å². The van der Waals surface area contributed by atoms with Crippen molar-refractivity contribution in [1.82, 2.24) is 19.3 Å². The molecule has 0 bridgehead atoms. The molecule has 4 rings (SSSR count). The topological polar surface area (TPSA) is 91.0 Å². The van der Waals surface area contributed by atoms with Crippen molar-refractivity contribution in [3.63, 3.8) is 0 Å². The van der Waals surface area contributed by atoms with Gasteiger partial charge >= 0.3 is 0 Å². The first-order valence-corrected chi connectivity index (χ1v) is 10.3. The number of methoxy groups -OCH3 is 1. The highest BCUT2D eigenvalue weighted by molar-refractivity contribution is 7.99. The summed E-state index contributed by atoms with van der Waals surface area (Å²) in [5.41, 5.74) is 0.819. The van der Waals surface area contributed by atoms with Gasteiger partial charge in [-0.2, -0.15) is 5.10 Å². The highest BCUT2D eigenvalue weighted by atomic mass is 32.2. The van der Waals surface area contributed by atoms with Crippen LogP contribution in [0.3, 0.4) is 0 Å². The van der Waals surface area contributed by atoms with Gasteiger partial charge in [0.15, 0.2) is 10.8 Å². The van der Waals surface area contributed by atoms with Crippen molar-refractivity contribution < 1.29 is 9.53 Å². The number of carbonyl (C=O) groups is 1. The molecular weight excluding hydrogens is 390 g/mol. The van der Waals surface area contributed by atoms with E-state index in [0.717, 1.165) is 0 Å².